The lowest BCUT2D eigenvalue weighted by Gasteiger charge is -2.18. The molecule has 1 heterocycles. The predicted molar refractivity (Wildman–Crippen MR) is 106 cm³/mol. The number of carbonyl (C=O) groups excluding carboxylic acids is 2. The molecule has 0 fully saturated rings. The van der Waals surface area contributed by atoms with Crippen LogP contribution in [0.25, 0.3) is 0 Å². The molecule has 1 amide bonds. The van der Waals surface area contributed by atoms with Crippen molar-refractivity contribution in [2.45, 2.75) is 32.9 Å². The van der Waals surface area contributed by atoms with Crippen LogP contribution in [0.4, 0.5) is 4.79 Å². The summed E-state index contributed by atoms with van der Waals surface area (Å²) in [7, 11) is 0. The van der Waals surface area contributed by atoms with Gasteiger partial charge in [0.15, 0.2) is 0 Å². The summed E-state index contributed by atoms with van der Waals surface area (Å²) in [5.41, 5.74) is 3.28. The molecule has 0 aliphatic carbocycles. The molecule has 0 saturated heterocycles. The fourth-order valence-electron chi connectivity index (χ4n) is 2.96. The maximum atomic E-state index is 13.0. The van der Waals surface area contributed by atoms with E-state index in [-0.39, 0.29) is 12.5 Å². The van der Waals surface area contributed by atoms with E-state index in [0.29, 0.717) is 6.42 Å². The highest BCUT2D eigenvalue weighted by atomic mass is 16.5. The number of rotatable bonds is 6. The molecular formula is C22H23N3O3. The van der Waals surface area contributed by atoms with Crippen molar-refractivity contribution in [1.82, 2.24) is 15.1 Å². The maximum absolute atomic E-state index is 13.0. The minimum atomic E-state index is -0.788. The van der Waals surface area contributed by atoms with Gasteiger partial charge in [-0.1, -0.05) is 60.7 Å². The molecule has 1 atom stereocenters. The molecule has 0 saturated carbocycles. The van der Waals surface area contributed by atoms with Crippen molar-refractivity contribution >= 4 is 12.0 Å². The zero-order valence-electron chi connectivity index (χ0n) is 16.0. The maximum Gasteiger partial charge on any atom is 0.408 e. The summed E-state index contributed by atoms with van der Waals surface area (Å²) in [6.45, 7) is 3.77. The van der Waals surface area contributed by atoms with Gasteiger partial charge in [0.2, 0.25) is 0 Å². The highest BCUT2D eigenvalue weighted by Gasteiger charge is 2.25. The molecule has 3 rings (SSSR count). The van der Waals surface area contributed by atoms with E-state index < -0.39 is 12.1 Å². The Morgan fingerprint density at radius 2 is 1.61 bits per heavy atom. The van der Waals surface area contributed by atoms with Crippen LogP contribution >= 0.6 is 0 Å². The van der Waals surface area contributed by atoms with Crippen molar-refractivity contribution in [3.05, 3.63) is 89.2 Å². The second kappa shape index (κ2) is 8.99. The smallest absolute Gasteiger partial charge is 0.408 e. The van der Waals surface area contributed by atoms with E-state index in [1.807, 2.05) is 80.6 Å². The predicted octanol–water partition coefficient (Wildman–Crippen LogP) is 3.68. The number of hydrogen-bond acceptors (Lipinski definition) is 4. The van der Waals surface area contributed by atoms with Crippen molar-refractivity contribution in [3.8, 4) is 0 Å². The van der Waals surface area contributed by atoms with E-state index >= 15 is 0 Å². The minimum absolute atomic E-state index is 0.138. The highest BCUT2D eigenvalue weighted by Crippen LogP contribution is 2.09. The van der Waals surface area contributed by atoms with Gasteiger partial charge >= 0.3 is 6.09 Å². The summed E-state index contributed by atoms with van der Waals surface area (Å²) in [5.74, 6) is -0.300. The SMILES string of the molecule is Cc1cc(C)n(C(=O)C(Cc2ccccc2)NC(=O)OCc2ccccc2)n1. The Bertz CT molecular complexity index is 936. The van der Waals surface area contributed by atoms with Crippen molar-refractivity contribution < 1.29 is 14.3 Å². The first-order chi connectivity index (χ1) is 13.5. The van der Waals surface area contributed by atoms with Gasteiger partial charge < -0.3 is 10.1 Å². The number of aryl methyl sites for hydroxylation is 2. The van der Waals surface area contributed by atoms with Crippen molar-refractivity contribution in [2.75, 3.05) is 0 Å². The van der Waals surface area contributed by atoms with Crippen molar-refractivity contribution in [1.29, 1.82) is 0 Å². The van der Waals surface area contributed by atoms with E-state index in [1.54, 1.807) is 0 Å². The molecule has 144 valence electrons. The monoisotopic (exact) mass is 377 g/mol. The van der Waals surface area contributed by atoms with Crippen LogP contribution in [0, 0.1) is 13.8 Å². The number of ether oxygens (including phenoxy) is 1. The van der Waals surface area contributed by atoms with Crippen molar-refractivity contribution in [3.63, 3.8) is 0 Å². The Labute approximate surface area is 164 Å². The zero-order valence-corrected chi connectivity index (χ0v) is 16.0. The average Bonchev–Trinajstić information content (AvgIpc) is 3.05. The van der Waals surface area contributed by atoms with Crippen LogP contribution < -0.4 is 5.32 Å². The highest BCUT2D eigenvalue weighted by molar-refractivity contribution is 5.87. The third-order valence-corrected chi connectivity index (χ3v) is 4.30. The average molecular weight is 377 g/mol. The molecule has 2 aromatic carbocycles. The summed E-state index contributed by atoms with van der Waals surface area (Å²) >= 11 is 0. The lowest BCUT2D eigenvalue weighted by Crippen LogP contribution is -2.45. The first kappa shape index (κ1) is 19.4. The van der Waals surface area contributed by atoms with Crippen LogP contribution in [-0.4, -0.2) is 27.8 Å². The number of carbonyl (C=O) groups is 2. The molecule has 1 unspecified atom stereocenters. The number of nitrogens with one attached hydrogen (secondary N) is 1. The van der Waals surface area contributed by atoms with E-state index in [2.05, 4.69) is 10.4 Å². The first-order valence-electron chi connectivity index (χ1n) is 9.11. The van der Waals surface area contributed by atoms with E-state index in [9.17, 15) is 9.59 Å². The lowest BCUT2D eigenvalue weighted by molar-refractivity contribution is 0.0818. The second-order valence-corrected chi connectivity index (χ2v) is 6.63. The normalized spacial score (nSPS) is 11.6. The molecule has 0 aliphatic heterocycles. The fourth-order valence-corrected chi connectivity index (χ4v) is 2.96. The Hall–Kier alpha value is -3.41. The summed E-state index contributed by atoms with van der Waals surface area (Å²) in [4.78, 5) is 25.4. The van der Waals surface area contributed by atoms with Gasteiger partial charge in [-0.25, -0.2) is 9.48 Å². The molecular weight excluding hydrogens is 354 g/mol. The van der Waals surface area contributed by atoms with Crippen LogP contribution in [0.2, 0.25) is 0 Å². The Morgan fingerprint density at radius 1 is 1.00 bits per heavy atom. The number of alkyl carbamates (subject to hydrolysis) is 1. The Balaban J connectivity index is 1.72. The van der Waals surface area contributed by atoms with Crippen LogP contribution in [-0.2, 0) is 17.8 Å². The molecule has 0 spiro atoms. The third kappa shape index (κ3) is 5.07. The number of aromatic nitrogens is 2. The second-order valence-electron chi connectivity index (χ2n) is 6.63. The minimum Gasteiger partial charge on any atom is -0.445 e. The van der Waals surface area contributed by atoms with Gasteiger partial charge in [-0.15, -0.1) is 0 Å². The van der Waals surface area contributed by atoms with Crippen LogP contribution in [0.3, 0.4) is 0 Å². The number of nitrogens with zero attached hydrogens (tertiary/aromatic N) is 2. The topological polar surface area (TPSA) is 73.2 Å². The number of amides is 1. The van der Waals surface area contributed by atoms with Gasteiger partial charge in [-0.3, -0.25) is 4.79 Å². The van der Waals surface area contributed by atoms with Gasteiger partial charge in [0, 0.05) is 12.1 Å². The van der Waals surface area contributed by atoms with Crippen LogP contribution in [0.5, 0.6) is 0 Å². The zero-order chi connectivity index (χ0) is 19.9. The largest absolute Gasteiger partial charge is 0.445 e. The molecule has 1 aromatic heterocycles. The summed E-state index contributed by atoms with van der Waals surface area (Å²) in [6, 6.07) is 20.0. The van der Waals surface area contributed by atoms with Gasteiger partial charge in [0.05, 0.1) is 5.69 Å². The quantitative estimate of drug-likeness (QED) is 0.711. The van der Waals surface area contributed by atoms with E-state index in [4.69, 9.17) is 4.74 Å². The summed E-state index contributed by atoms with van der Waals surface area (Å²) in [6.07, 6.45) is -0.294. The lowest BCUT2D eigenvalue weighted by atomic mass is 10.1. The first-order valence-corrected chi connectivity index (χ1v) is 9.11. The van der Waals surface area contributed by atoms with Crippen LogP contribution in [0.15, 0.2) is 66.7 Å². The Morgan fingerprint density at radius 3 is 2.18 bits per heavy atom. The molecule has 0 aliphatic rings. The van der Waals surface area contributed by atoms with E-state index in [1.165, 1.54) is 4.68 Å². The molecule has 6 nitrogen and oxygen atoms in total. The van der Waals surface area contributed by atoms with Gasteiger partial charge in [-0.2, -0.15) is 5.10 Å². The molecule has 1 N–H and O–H groups in total. The molecule has 3 aromatic rings. The van der Waals surface area contributed by atoms with Gasteiger partial charge in [0.25, 0.3) is 5.91 Å². The summed E-state index contributed by atoms with van der Waals surface area (Å²) in [5, 5.41) is 6.95. The van der Waals surface area contributed by atoms with Crippen LogP contribution in [0.1, 0.15) is 27.3 Å². The fraction of sp³-hybridized carbons (Fsp3) is 0.227. The summed E-state index contributed by atoms with van der Waals surface area (Å²) < 4.78 is 6.62. The van der Waals surface area contributed by atoms with Gasteiger partial charge in [-0.05, 0) is 31.0 Å². The molecule has 0 radical (unpaired) electrons. The molecule has 6 heteroatoms. The number of benzene rings is 2. The molecule has 0 bridgehead atoms. The van der Waals surface area contributed by atoms with Crippen molar-refractivity contribution in [2.24, 2.45) is 0 Å². The standard InChI is InChI=1S/C22H23N3O3/c1-16-13-17(2)25(24-16)21(26)20(14-18-9-5-3-6-10-18)23-22(27)28-15-19-11-7-4-8-12-19/h3-13,20H,14-15H2,1-2H3,(H,23,27). The Kier molecular flexibility index (Phi) is 6.22. The molecule has 28 heavy (non-hydrogen) atoms. The third-order valence-electron chi connectivity index (χ3n) is 4.30. The number of hydrogen-bond donors (Lipinski definition) is 1. The van der Waals surface area contributed by atoms with Gasteiger partial charge in [0.1, 0.15) is 12.6 Å². The van der Waals surface area contributed by atoms with E-state index in [0.717, 1.165) is 22.5 Å².